The van der Waals surface area contributed by atoms with E-state index in [9.17, 15) is 24.6 Å². The summed E-state index contributed by atoms with van der Waals surface area (Å²) < 4.78 is 4.89. The van der Waals surface area contributed by atoms with E-state index in [-0.39, 0.29) is 23.2 Å². The second-order valence-electron chi connectivity index (χ2n) is 10.6. The van der Waals surface area contributed by atoms with Crippen molar-refractivity contribution in [2.45, 2.75) is 83.8 Å². The number of rotatable bonds is 3. The van der Waals surface area contributed by atoms with E-state index in [1.165, 1.54) is 6.92 Å². The van der Waals surface area contributed by atoms with Crippen LogP contribution in [0.25, 0.3) is 0 Å². The zero-order chi connectivity index (χ0) is 21.2. The number of aliphatic hydroxyl groups is 2. The summed E-state index contributed by atoms with van der Waals surface area (Å²) in [6.07, 6.45) is 4.81. The van der Waals surface area contributed by atoms with Crippen molar-refractivity contribution in [1.82, 2.24) is 0 Å². The van der Waals surface area contributed by atoms with Gasteiger partial charge in [0.15, 0.2) is 6.61 Å². The summed E-state index contributed by atoms with van der Waals surface area (Å²) in [7, 11) is 0. The molecular weight excluding hydrogens is 372 g/mol. The van der Waals surface area contributed by atoms with E-state index in [4.69, 9.17) is 4.74 Å². The van der Waals surface area contributed by atoms with Crippen molar-refractivity contribution in [2.75, 3.05) is 6.61 Å². The number of aliphatic hydroxyl groups excluding tert-OH is 1. The molecule has 0 heterocycles. The van der Waals surface area contributed by atoms with E-state index in [1.54, 1.807) is 0 Å². The molecule has 0 aromatic carbocycles. The highest BCUT2D eigenvalue weighted by atomic mass is 16.5. The highest BCUT2D eigenvalue weighted by Gasteiger charge is 2.68. The smallest absolute Gasteiger partial charge is 0.303 e. The van der Waals surface area contributed by atoms with Crippen LogP contribution in [0.5, 0.6) is 0 Å². The van der Waals surface area contributed by atoms with Crippen LogP contribution >= 0.6 is 0 Å². The quantitative estimate of drug-likeness (QED) is 0.698. The lowest BCUT2D eigenvalue weighted by molar-refractivity contribution is -0.199. The largest absolute Gasteiger partial charge is 0.458 e. The maximum absolute atomic E-state index is 12.9. The third kappa shape index (κ3) is 2.93. The fourth-order valence-corrected chi connectivity index (χ4v) is 7.92. The summed E-state index contributed by atoms with van der Waals surface area (Å²) in [5.41, 5.74) is -2.35. The highest BCUT2D eigenvalue weighted by molar-refractivity contribution is 5.91. The third-order valence-electron chi connectivity index (χ3n) is 9.43. The molecule has 8 atom stereocenters. The Hall–Kier alpha value is -1.27. The van der Waals surface area contributed by atoms with Gasteiger partial charge < -0.3 is 14.9 Å². The molecule has 4 fully saturated rings. The lowest BCUT2D eigenvalue weighted by atomic mass is 9.43. The number of hydrogen-bond donors (Lipinski definition) is 2. The van der Waals surface area contributed by atoms with Gasteiger partial charge in [-0.2, -0.15) is 0 Å². The predicted octanol–water partition coefficient (Wildman–Crippen LogP) is 2.43. The second-order valence-corrected chi connectivity index (χ2v) is 10.6. The molecule has 2 N–H and O–H groups in total. The van der Waals surface area contributed by atoms with Crippen LogP contribution in [0.3, 0.4) is 0 Å². The number of hydrogen-bond acceptors (Lipinski definition) is 6. The standard InChI is InChI=1S/C23H34O6/c1-13(24)29-12-19(27)23(28)9-7-17-16-5-4-14-10-15(25)6-8-21(14,2)20(16)18(26)11-22(17,23)3/h14,16-18,20,26,28H,4-12H2,1-3H3/t14-,16+,17-,18+,20+,21+,22+,23-/m1/s1. The van der Waals surface area contributed by atoms with Crippen LogP contribution in [-0.4, -0.2) is 46.1 Å². The molecule has 0 aromatic heterocycles. The Morgan fingerprint density at radius 3 is 2.59 bits per heavy atom. The van der Waals surface area contributed by atoms with E-state index in [0.717, 1.165) is 25.7 Å². The number of ketones is 2. The van der Waals surface area contributed by atoms with E-state index in [1.807, 2.05) is 6.92 Å². The van der Waals surface area contributed by atoms with Crippen LogP contribution in [0.1, 0.15) is 72.1 Å². The van der Waals surface area contributed by atoms with Crippen molar-refractivity contribution in [2.24, 2.45) is 34.5 Å². The molecule has 4 aliphatic carbocycles. The molecule has 0 bridgehead atoms. The predicted molar refractivity (Wildman–Crippen MR) is 105 cm³/mol. The van der Waals surface area contributed by atoms with Crippen LogP contribution in [0.4, 0.5) is 0 Å². The van der Waals surface area contributed by atoms with Crippen LogP contribution in [-0.2, 0) is 19.1 Å². The Morgan fingerprint density at radius 1 is 1.17 bits per heavy atom. The highest BCUT2D eigenvalue weighted by Crippen LogP contribution is 2.68. The first-order valence-corrected chi connectivity index (χ1v) is 11.1. The van der Waals surface area contributed by atoms with Crippen LogP contribution in [0.15, 0.2) is 0 Å². The van der Waals surface area contributed by atoms with Crippen molar-refractivity contribution in [1.29, 1.82) is 0 Å². The van der Waals surface area contributed by atoms with Gasteiger partial charge in [-0.05, 0) is 67.6 Å². The first kappa shape index (κ1) is 21.0. The number of ether oxygens (including phenoxy) is 1. The molecule has 0 aliphatic heterocycles. The minimum absolute atomic E-state index is 0.0555. The minimum Gasteiger partial charge on any atom is -0.458 e. The summed E-state index contributed by atoms with van der Waals surface area (Å²) in [5, 5.41) is 22.8. The summed E-state index contributed by atoms with van der Waals surface area (Å²) in [6.45, 7) is 5.02. The Labute approximate surface area is 172 Å². The van der Waals surface area contributed by atoms with Crippen molar-refractivity contribution in [3.8, 4) is 0 Å². The van der Waals surface area contributed by atoms with Gasteiger partial charge in [0.25, 0.3) is 0 Å². The molecule has 0 amide bonds. The molecule has 0 spiro atoms. The molecule has 0 unspecified atom stereocenters. The average molecular weight is 407 g/mol. The van der Waals surface area contributed by atoms with Gasteiger partial charge in [0.05, 0.1) is 6.10 Å². The lowest BCUT2D eigenvalue weighted by Gasteiger charge is -2.62. The summed E-state index contributed by atoms with van der Waals surface area (Å²) >= 11 is 0. The lowest BCUT2D eigenvalue weighted by Crippen LogP contribution is -2.63. The van der Waals surface area contributed by atoms with Crippen LogP contribution < -0.4 is 0 Å². The van der Waals surface area contributed by atoms with Gasteiger partial charge in [0.1, 0.15) is 11.4 Å². The maximum atomic E-state index is 12.9. The topological polar surface area (TPSA) is 101 Å². The first-order chi connectivity index (χ1) is 13.5. The van der Waals surface area contributed by atoms with Gasteiger partial charge in [0.2, 0.25) is 5.78 Å². The summed E-state index contributed by atoms with van der Waals surface area (Å²) in [5.74, 6) is 0.182. The molecule has 0 radical (unpaired) electrons. The van der Waals surface area contributed by atoms with Crippen molar-refractivity contribution in [3.05, 3.63) is 0 Å². The molecule has 6 nitrogen and oxygen atoms in total. The monoisotopic (exact) mass is 406 g/mol. The van der Waals surface area contributed by atoms with Crippen LogP contribution in [0.2, 0.25) is 0 Å². The average Bonchev–Trinajstić information content (AvgIpc) is 2.91. The van der Waals surface area contributed by atoms with Crippen molar-refractivity contribution in [3.63, 3.8) is 0 Å². The summed E-state index contributed by atoms with van der Waals surface area (Å²) in [4.78, 5) is 36.1. The van der Waals surface area contributed by atoms with E-state index < -0.39 is 35.5 Å². The number of Topliss-reactive ketones (excluding diaryl/α,β-unsaturated/α-hetero) is 2. The Bertz CT molecular complexity index is 733. The second kappa shape index (κ2) is 6.88. The number of carbonyl (C=O) groups is 3. The summed E-state index contributed by atoms with van der Waals surface area (Å²) in [6, 6.07) is 0. The normalized spacial score (nSPS) is 49.0. The Kier molecular flexibility index (Phi) is 4.97. The fourth-order valence-electron chi connectivity index (χ4n) is 7.92. The van der Waals surface area contributed by atoms with Gasteiger partial charge in [-0.1, -0.05) is 13.8 Å². The molecule has 0 saturated heterocycles. The van der Waals surface area contributed by atoms with Gasteiger partial charge >= 0.3 is 5.97 Å². The van der Waals surface area contributed by atoms with E-state index in [0.29, 0.717) is 37.4 Å². The zero-order valence-corrected chi connectivity index (χ0v) is 17.8. The van der Waals surface area contributed by atoms with Crippen molar-refractivity contribution >= 4 is 17.5 Å². The van der Waals surface area contributed by atoms with Crippen LogP contribution in [0, 0.1) is 34.5 Å². The molecule has 0 aromatic rings. The molecule has 6 heteroatoms. The molecular formula is C23H34O6. The van der Waals surface area contributed by atoms with Gasteiger partial charge in [-0.25, -0.2) is 0 Å². The number of esters is 1. The van der Waals surface area contributed by atoms with Crippen molar-refractivity contribution < 1.29 is 29.3 Å². The van der Waals surface area contributed by atoms with Gasteiger partial charge in [-0.15, -0.1) is 0 Å². The third-order valence-corrected chi connectivity index (χ3v) is 9.43. The fraction of sp³-hybridized carbons (Fsp3) is 0.870. The van der Waals surface area contributed by atoms with E-state index in [2.05, 4.69) is 6.92 Å². The Balaban J connectivity index is 1.63. The van der Waals surface area contributed by atoms with Gasteiger partial charge in [-0.3, -0.25) is 14.4 Å². The first-order valence-electron chi connectivity index (χ1n) is 11.1. The number of carbonyl (C=O) groups excluding carboxylic acids is 3. The molecule has 162 valence electrons. The molecule has 4 rings (SSSR count). The molecule has 4 saturated carbocycles. The maximum Gasteiger partial charge on any atom is 0.303 e. The SMILES string of the molecule is CC(=O)OCC(=O)[C@]1(O)CC[C@@H]2[C@@H]3CC[C@@H]4CC(=O)CC[C@]4(C)[C@@H]3[C@@H](O)C[C@@]21C. The van der Waals surface area contributed by atoms with Gasteiger partial charge in [0, 0.05) is 25.2 Å². The van der Waals surface area contributed by atoms with E-state index >= 15 is 0 Å². The molecule has 4 aliphatic rings. The Morgan fingerprint density at radius 2 is 1.90 bits per heavy atom. The molecule has 29 heavy (non-hydrogen) atoms. The zero-order valence-electron chi connectivity index (χ0n) is 17.8. The number of fused-ring (bicyclic) bond motifs is 5. The minimum atomic E-state index is -1.57.